The number of esters is 1. The summed E-state index contributed by atoms with van der Waals surface area (Å²) in [7, 11) is 0. The molecule has 0 amide bonds. The van der Waals surface area contributed by atoms with E-state index in [9.17, 15) is 4.79 Å². The van der Waals surface area contributed by atoms with Crippen LogP contribution in [-0.4, -0.2) is 30.3 Å². The second kappa shape index (κ2) is 20.7. The molecule has 4 nitrogen and oxygen atoms in total. The third-order valence-corrected chi connectivity index (χ3v) is 3.90. The molecular weight excluding hydrogens is 338 g/mol. The molecular formula is C23H39NO3. The highest BCUT2D eigenvalue weighted by molar-refractivity contribution is 5.69. The standard InChI is InChI=1S/C23H39NO3/c1-2-3-4-5-6-7-8-9-10-11-12-13-14-15-16-17-18-19-23(26)27-21-22(24)20-25/h6-7,9-10,12-13,15-16,22,25H,2-5,8,11,14,17-21,24H2,1H3. The van der Waals surface area contributed by atoms with Crippen molar-refractivity contribution in [2.45, 2.75) is 77.2 Å². The van der Waals surface area contributed by atoms with E-state index in [0.29, 0.717) is 6.42 Å². The van der Waals surface area contributed by atoms with Gasteiger partial charge in [0, 0.05) is 6.42 Å². The molecule has 27 heavy (non-hydrogen) atoms. The normalized spacial score (nSPS) is 13.4. The van der Waals surface area contributed by atoms with E-state index in [1.54, 1.807) is 0 Å². The van der Waals surface area contributed by atoms with Gasteiger partial charge >= 0.3 is 5.97 Å². The Kier molecular flexibility index (Phi) is 19.4. The second-order valence-corrected chi connectivity index (χ2v) is 6.61. The van der Waals surface area contributed by atoms with Crippen LogP contribution in [0, 0.1) is 0 Å². The first-order valence-corrected chi connectivity index (χ1v) is 10.3. The molecule has 0 radical (unpaired) electrons. The van der Waals surface area contributed by atoms with E-state index in [2.05, 4.69) is 55.5 Å². The first-order chi connectivity index (χ1) is 13.2. The smallest absolute Gasteiger partial charge is 0.305 e. The van der Waals surface area contributed by atoms with Crippen LogP contribution in [0.4, 0.5) is 0 Å². The van der Waals surface area contributed by atoms with E-state index in [-0.39, 0.29) is 19.2 Å². The molecule has 0 heterocycles. The number of aliphatic hydroxyl groups is 1. The molecule has 0 bridgehead atoms. The summed E-state index contributed by atoms with van der Waals surface area (Å²) in [6.07, 6.45) is 27.5. The van der Waals surface area contributed by atoms with Crippen LogP contribution in [0.2, 0.25) is 0 Å². The van der Waals surface area contributed by atoms with E-state index in [1.165, 1.54) is 25.7 Å². The Hall–Kier alpha value is -1.65. The fourth-order valence-corrected chi connectivity index (χ4v) is 2.25. The molecule has 0 aromatic carbocycles. The maximum Gasteiger partial charge on any atom is 0.305 e. The van der Waals surface area contributed by atoms with Crippen molar-refractivity contribution in [1.29, 1.82) is 0 Å². The van der Waals surface area contributed by atoms with Gasteiger partial charge in [-0.3, -0.25) is 4.79 Å². The molecule has 3 N–H and O–H groups in total. The van der Waals surface area contributed by atoms with Gasteiger partial charge in [0.2, 0.25) is 0 Å². The van der Waals surface area contributed by atoms with Crippen molar-refractivity contribution >= 4 is 5.97 Å². The molecule has 0 aliphatic rings. The van der Waals surface area contributed by atoms with Gasteiger partial charge in [-0.05, 0) is 44.9 Å². The Labute approximate surface area is 165 Å². The molecule has 154 valence electrons. The maximum atomic E-state index is 11.4. The zero-order valence-corrected chi connectivity index (χ0v) is 17.0. The molecule has 0 spiro atoms. The quantitative estimate of drug-likeness (QED) is 0.213. The van der Waals surface area contributed by atoms with Gasteiger partial charge in [-0.2, -0.15) is 0 Å². The lowest BCUT2D eigenvalue weighted by Gasteiger charge is -2.08. The largest absolute Gasteiger partial charge is 0.464 e. The minimum atomic E-state index is -0.484. The highest BCUT2D eigenvalue weighted by Gasteiger charge is 2.05. The third-order valence-electron chi connectivity index (χ3n) is 3.90. The predicted molar refractivity (Wildman–Crippen MR) is 114 cm³/mol. The molecule has 4 heteroatoms. The number of nitrogens with two attached hydrogens (primary N) is 1. The van der Waals surface area contributed by atoms with Crippen LogP contribution in [-0.2, 0) is 9.53 Å². The van der Waals surface area contributed by atoms with Gasteiger partial charge in [0.05, 0.1) is 12.6 Å². The van der Waals surface area contributed by atoms with Gasteiger partial charge < -0.3 is 15.6 Å². The number of unbranched alkanes of at least 4 members (excludes halogenated alkanes) is 4. The van der Waals surface area contributed by atoms with Crippen molar-refractivity contribution in [2.75, 3.05) is 13.2 Å². The fourth-order valence-electron chi connectivity index (χ4n) is 2.25. The Bertz CT molecular complexity index is 453. The highest BCUT2D eigenvalue weighted by atomic mass is 16.5. The van der Waals surface area contributed by atoms with Crippen LogP contribution in [0.3, 0.4) is 0 Å². The molecule has 0 rings (SSSR count). The number of ether oxygens (including phenoxy) is 1. The van der Waals surface area contributed by atoms with E-state index in [0.717, 1.165) is 32.1 Å². The number of carbonyl (C=O) groups excluding carboxylic acids is 1. The second-order valence-electron chi connectivity index (χ2n) is 6.61. The van der Waals surface area contributed by atoms with Crippen molar-refractivity contribution in [3.63, 3.8) is 0 Å². The number of carbonyl (C=O) groups is 1. The monoisotopic (exact) mass is 377 g/mol. The van der Waals surface area contributed by atoms with Gasteiger partial charge in [-0.1, -0.05) is 68.4 Å². The topological polar surface area (TPSA) is 72.5 Å². The van der Waals surface area contributed by atoms with Gasteiger partial charge in [0.1, 0.15) is 6.61 Å². The molecule has 0 saturated carbocycles. The highest BCUT2D eigenvalue weighted by Crippen LogP contribution is 2.02. The minimum Gasteiger partial charge on any atom is -0.464 e. The summed E-state index contributed by atoms with van der Waals surface area (Å²) in [5.74, 6) is -0.255. The van der Waals surface area contributed by atoms with Crippen LogP contribution < -0.4 is 5.73 Å². The van der Waals surface area contributed by atoms with Crippen LogP contribution in [0.5, 0.6) is 0 Å². The molecule has 0 aliphatic heterocycles. The summed E-state index contributed by atoms with van der Waals surface area (Å²) < 4.78 is 4.95. The number of aliphatic hydroxyl groups excluding tert-OH is 1. The minimum absolute atomic E-state index is 0.0830. The average molecular weight is 378 g/mol. The first-order valence-electron chi connectivity index (χ1n) is 10.3. The van der Waals surface area contributed by atoms with Crippen molar-refractivity contribution < 1.29 is 14.6 Å². The number of hydrogen-bond donors (Lipinski definition) is 2. The van der Waals surface area contributed by atoms with Crippen LogP contribution in [0.25, 0.3) is 0 Å². The lowest BCUT2D eigenvalue weighted by molar-refractivity contribution is -0.144. The number of rotatable bonds is 17. The summed E-state index contributed by atoms with van der Waals surface area (Å²) in [4.78, 5) is 11.4. The van der Waals surface area contributed by atoms with E-state index in [1.807, 2.05) is 0 Å². The Morgan fingerprint density at radius 3 is 1.93 bits per heavy atom. The van der Waals surface area contributed by atoms with Crippen LogP contribution in [0.1, 0.15) is 71.1 Å². The first kappa shape index (κ1) is 25.4. The Morgan fingerprint density at radius 1 is 0.889 bits per heavy atom. The van der Waals surface area contributed by atoms with Crippen molar-refractivity contribution in [1.82, 2.24) is 0 Å². The Morgan fingerprint density at radius 2 is 1.41 bits per heavy atom. The summed E-state index contributed by atoms with van der Waals surface area (Å²) >= 11 is 0. The van der Waals surface area contributed by atoms with Crippen molar-refractivity contribution in [3.8, 4) is 0 Å². The van der Waals surface area contributed by atoms with Crippen molar-refractivity contribution in [2.24, 2.45) is 5.73 Å². The van der Waals surface area contributed by atoms with E-state index in [4.69, 9.17) is 15.6 Å². The van der Waals surface area contributed by atoms with Crippen molar-refractivity contribution in [3.05, 3.63) is 48.6 Å². The van der Waals surface area contributed by atoms with E-state index < -0.39 is 6.04 Å². The predicted octanol–water partition coefficient (Wildman–Crippen LogP) is 4.99. The summed E-state index contributed by atoms with van der Waals surface area (Å²) in [6, 6.07) is -0.484. The molecule has 1 unspecified atom stereocenters. The SMILES string of the molecule is CCCCCC=CCC=CCC=CCC=CCCCC(=O)OCC(N)CO. The third kappa shape index (κ3) is 20.5. The summed E-state index contributed by atoms with van der Waals surface area (Å²) in [5, 5.41) is 8.74. The Balaban J connectivity index is 3.49. The fraction of sp³-hybridized carbons (Fsp3) is 0.609. The van der Waals surface area contributed by atoms with Gasteiger partial charge in [-0.25, -0.2) is 0 Å². The van der Waals surface area contributed by atoms with Gasteiger partial charge in [-0.15, -0.1) is 0 Å². The summed E-state index contributed by atoms with van der Waals surface area (Å²) in [6.45, 7) is 2.14. The number of hydrogen-bond acceptors (Lipinski definition) is 4. The number of allylic oxidation sites excluding steroid dienone is 8. The molecule has 0 fully saturated rings. The molecule has 0 aromatic rings. The average Bonchev–Trinajstić information content (AvgIpc) is 2.68. The van der Waals surface area contributed by atoms with Crippen LogP contribution >= 0.6 is 0 Å². The van der Waals surface area contributed by atoms with Gasteiger partial charge in [0.15, 0.2) is 0 Å². The van der Waals surface area contributed by atoms with Crippen LogP contribution in [0.15, 0.2) is 48.6 Å². The molecule has 1 atom stereocenters. The molecule has 0 aromatic heterocycles. The lowest BCUT2D eigenvalue weighted by atomic mass is 10.2. The zero-order valence-electron chi connectivity index (χ0n) is 17.0. The maximum absolute atomic E-state index is 11.4. The zero-order chi connectivity index (χ0) is 20.0. The molecule has 0 aliphatic carbocycles. The van der Waals surface area contributed by atoms with Gasteiger partial charge in [0.25, 0.3) is 0 Å². The lowest BCUT2D eigenvalue weighted by Crippen LogP contribution is -2.31. The van der Waals surface area contributed by atoms with E-state index >= 15 is 0 Å². The summed E-state index contributed by atoms with van der Waals surface area (Å²) in [5.41, 5.74) is 5.46. The molecule has 0 saturated heterocycles.